The summed E-state index contributed by atoms with van der Waals surface area (Å²) in [5.74, 6) is -0.423. The number of ether oxygens (including phenoxy) is 2. The summed E-state index contributed by atoms with van der Waals surface area (Å²) in [6.07, 6.45) is 1.47. The van der Waals surface area contributed by atoms with Crippen molar-refractivity contribution in [2.45, 2.75) is 0 Å². The first-order valence-corrected chi connectivity index (χ1v) is 9.12. The van der Waals surface area contributed by atoms with Gasteiger partial charge in [0.25, 0.3) is 5.91 Å². The second-order valence-electron chi connectivity index (χ2n) is 5.21. The first kappa shape index (κ1) is 20.7. The summed E-state index contributed by atoms with van der Waals surface area (Å²) in [4.78, 5) is 23.8. The van der Waals surface area contributed by atoms with Gasteiger partial charge in [-0.15, -0.1) is 0 Å². The number of nitrogens with one attached hydrogen (secondary N) is 1. The molecule has 0 saturated carbocycles. The zero-order chi connectivity index (χ0) is 20.0. The van der Waals surface area contributed by atoms with Gasteiger partial charge in [-0.1, -0.05) is 0 Å². The Morgan fingerprint density at radius 1 is 1.11 bits per heavy atom. The second-order valence-corrected chi connectivity index (χ2v) is 6.92. The molecule has 0 aliphatic rings. The summed E-state index contributed by atoms with van der Waals surface area (Å²) < 4.78 is 11.2. The number of anilines is 1. The molecule has 138 valence electrons. The van der Waals surface area contributed by atoms with Crippen molar-refractivity contribution >= 4 is 55.5 Å². The van der Waals surface area contributed by atoms with Crippen LogP contribution >= 0.6 is 31.9 Å². The van der Waals surface area contributed by atoms with Gasteiger partial charge in [-0.3, -0.25) is 4.79 Å². The number of methoxy groups -OCH3 is 2. The summed E-state index contributed by atoms with van der Waals surface area (Å²) in [6, 6.07) is 11.5. The predicted molar refractivity (Wildman–Crippen MR) is 108 cm³/mol. The van der Waals surface area contributed by atoms with Gasteiger partial charge in [-0.05, 0) is 79.9 Å². The molecule has 1 amide bonds. The van der Waals surface area contributed by atoms with Crippen LogP contribution in [0, 0.1) is 11.3 Å². The average molecular weight is 494 g/mol. The highest BCUT2D eigenvalue weighted by Gasteiger charge is 2.13. The molecule has 0 bridgehead atoms. The molecule has 2 aromatic rings. The van der Waals surface area contributed by atoms with E-state index in [1.165, 1.54) is 25.3 Å². The van der Waals surface area contributed by atoms with Crippen LogP contribution in [0.3, 0.4) is 0 Å². The fraction of sp³-hybridized carbons (Fsp3) is 0.105. The van der Waals surface area contributed by atoms with Crippen LogP contribution in [-0.2, 0) is 9.53 Å². The highest BCUT2D eigenvalue weighted by Crippen LogP contribution is 2.35. The van der Waals surface area contributed by atoms with Crippen LogP contribution < -0.4 is 10.1 Å². The first-order chi connectivity index (χ1) is 12.9. The predicted octanol–water partition coefficient (Wildman–Crippen LogP) is 4.55. The second kappa shape index (κ2) is 9.35. The van der Waals surface area contributed by atoms with E-state index in [-0.39, 0.29) is 5.57 Å². The van der Waals surface area contributed by atoms with E-state index in [1.54, 1.807) is 31.4 Å². The van der Waals surface area contributed by atoms with Crippen LogP contribution in [0.15, 0.2) is 50.9 Å². The van der Waals surface area contributed by atoms with E-state index in [4.69, 9.17) is 4.74 Å². The number of nitrogens with zero attached hydrogens (tertiary/aromatic N) is 1. The van der Waals surface area contributed by atoms with Crippen molar-refractivity contribution in [1.82, 2.24) is 0 Å². The number of hydrogen-bond donors (Lipinski definition) is 1. The summed E-state index contributed by atoms with van der Waals surface area (Å²) >= 11 is 6.76. The summed E-state index contributed by atoms with van der Waals surface area (Å²) in [7, 11) is 2.83. The maximum Gasteiger partial charge on any atom is 0.337 e. The maximum absolute atomic E-state index is 12.4. The molecule has 8 heteroatoms. The van der Waals surface area contributed by atoms with Crippen LogP contribution in [0.2, 0.25) is 0 Å². The standard InChI is InChI=1S/C19H14Br2N2O4/c1-26-17-15(20)8-11(9-16(17)21)7-13(10-22)18(24)23-14-5-3-12(4-6-14)19(25)27-2/h3-9H,1-2H3,(H,23,24)/b13-7+. The van der Waals surface area contributed by atoms with Crippen molar-refractivity contribution in [3.63, 3.8) is 0 Å². The number of carbonyl (C=O) groups is 2. The van der Waals surface area contributed by atoms with Crippen LogP contribution in [0.4, 0.5) is 5.69 Å². The van der Waals surface area contributed by atoms with Gasteiger partial charge in [0, 0.05) is 5.69 Å². The SMILES string of the molecule is COC(=O)c1ccc(NC(=O)/C(C#N)=C/c2cc(Br)c(OC)c(Br)c2)cc1. The third-order valence-corrected chi connectivity index (χ3v) is 4.64. The Kier molecular flexibility index (Phi) is 7.16. The number of nitriles is 1. The molecule has 0 aliphatic carbocycles. The van der Waals surface area contributed by atoms with Gasteiger partial charge in [-0.25, -0.2) is 4.79 Å². The van der Waals surface area contributed by atoms with E-state index in [0.717, 1.165) is 0 Å². The molecule has 0 heterocycles. The van der Waals surface area contributed by atoms with Crippen molar-refractivity contribution in [1.29, 1.82) is 5.26 Å². The van der Waals surface area contributed by atoms with Gasteiger partial charge in [-0.2, -0.15) is 5.26 Å². The third-order valence-electron chi connectivity index (χ3n) is 3.46. The monoisotopic (exact) mass is 492 g/mol. The molecule has 0 aliphatic heterocycles. The van der Waals surface area contributed by atoms with Gasteiger partial charge in [0.15, 0.2) is 0 Å². The minimum atomic E-state index is -0.564. The molecular weight excluding hydrogens is 480 g/mol. The van der Waals surface area contributed by atoms with E-state index in [9.17, 15) is 14.9 Å². The van der Waals surface area contributed by atoms with E-state index in [2.05, 4.69) is 41.9 Å². The average Bonchev–Trinajstić information content (AvgIpc) is 2.65. The minimum absolute atomic E-state index is 0.0731. The minimum Gasteiger partial charge on any atom is -0.494 e. The summed E-state index contributed by atoms with van der Waals surface area (Å²) in [5.41, 5.74) is 1.38. The van der Waals surface area contributed by atoms with Gasteiger partial charge in [0.05, 0.1) is 28.7 Å². The fourth-order valence-electron chi connectivity index (χ4n) is 2.18. The maximum atomic E-state index is 12.4. The van der Waals surface area contributed by atoms with E-state index in [1.807, 2.05) is 6.07 Å². The number of hydrogen-bond acceptors (Lipinski definition) is 5. The van der Waals surface area contributed by atoms with Gasteiger partial charge in [0.1, 0.15) is 17.4 Å². The van der Waals surface area contributed by atoms with E-state index >= 15 is 0 Å². The van der Waals surface area contributed by atoms with Crippen LogP contribution in [0.1, 0.15) is 15.9 Å². The lowest BCUT2D eigenvalue weighted by molar-refractivity contribution is -0.112. The number of esters is 1. The Balaban J connectivity index is 2.22. The largest absolute Gasteiger partial charge is 0.494 e. The zero-order valence-electron chi connectivity index (χ0n) is 14.4. The number of halogens is 2. The molecular formula is C19H14Br2N2O4. The lowest BCUT2D eigenvalue weighted by atomic mass is 10.1. The number of amides is 1. The molecule has 6 nitrogen and oxygen atoms in total. The Labute approximate surface area is 173 Å². The molecule has 0 saturated heterocycles. The van der Waals surface area contributed by atoms with Gasteiger partial charge < -0.3 is 14.8 Å². The fourth-order valence-corrected chi connectivity index (χ4v) is 3.72. The summed E-state index contributed by atoms with van der Waals surface area (Å²) in [6.45, 7) is 0. The Morgan fingerprint density at radius 3 is 2.19 bits per heavy atom. The Hall–Kier alpha value is -2.63. The lowest BCUT2D eigenvalue weighted by Crippen LogP contribution is -2.13. The third kappa shape index (κ3) is 5.18. The van der Waals surface area contributed by atoms with E-state index < -0.39 is 11.9 Å². The topological polar surface area (TPSA) is 88.4 Å². The molecule has 2 rings (SSSR count). The highest BCUT2D eigenvalue weighted by molar-refractivity contribution is 9.11. The number of benzene rings is 2. The van der Waals surface area contributed by atoms with Crippen molar-refractivity contribution < 1.29 is 19.1 Å². The van der Waals surface area contributed by atoms with Crippen molar-refractivity contribution in [2.24, 2.45) is 0 Å². The zero-order valence-corrected chi connectivity index (χ0v) is 17.5. The molecule has 0 spiro atoms. The van der Waals surface area contributed by atoms with Crippen LogP contribution in [0.25, 0.3) is 6.08 Å². The molecule has 0 aromatic heterocycles. The Morgan fingerprint density at radius 2 is 1.70 bits per heavy atom. The van der Waals surface area contributed by atoms with Crippen LogP contribution in [0.5, 0.6) is 5.75 Å². The Bertz CT molecular complexity index is 924. The summed E-state index contributed by atoms with van der Waals surface area (Å²) in [5, 5.41) is 12.0. The van der Waals surface area contributed by atoms with Crippen molar-refractivity contribution in [3.05, 3.63) is 62.0 Å². The van der Waals surface area contributed by atoms with Crippen LogP contribution in [-0.4, -0.2) is 26.1 Å². The first-order valence-electron chi connectivity index (χ1n) is 7.54. The smallest absolute Gasteiger partial charge is 0.337 e. The number of carbonyl (C=O) groups excluding carboxylic acids is 2. The lowest BCUT2D eigenvalue weighted by Gasteiger charge is -2.08. The normalized spacial score (nSPS) is 10.7. The molecule has 0 radical (unpaired) electrons. The van der Waals surface area contributed by atoms with Crippen molar-refractivity contribution in [2.75, 3.05) is 19.5 Å². The number of rotatable bonds is 5. The van der Waals surface area contributed by atoms with Gasteiger partial charge >= 0.3 is 5.97 Å². The highest BCUT2D eigenvalue weighted by atomic mass is 79.9. The molecule has 27 heavy (non-hydrogen) atoms. The molecule has 1 N–H and O–H groups in total. The quantitative estimate of drug-likeness (QED) is 0.375. The van der Waals surface area contributed by atoms with Crippen molar-refractivity contribution in [3.8, 4) is 11.8 Å². The molecule has 2 aromatic carbocycles. The molecule has 0 unspecified atom stereocenters. The van der Waals surface area contributed by atoms with Gasteiger partial charge in [0.2, 0.25) is 0 Å². The van der Waals surface area contributed by atoms with E-state index in [0.29, 0.717) is 31.5 Å². The molecule has 0 fully saturated rings. The molecule has 0 atom stereocenters.